The van der Waals surface area contributed by atoms with E-state index in [0.29, 0.717) is 0 Å². The van der Waals surface area contributed by atoms with Gasteiger partial charge in [-0.05, 0) is 24.7 Å². The Bertz CT molecular complexity index is 415. The van der Waals surface area contributed by atoms with Crippen LogP contribution in [0.4, 0.5) is 0 Å². The van der Waals surface area contributed by atoms with E-state index >= 15 is 0 Å². The Hall–Kier alpha value is -1.09. The predicted octanol–water partition coefficient (Wildman–Crippen LogP) is 3.31. The largest absolute Gasteiger partial charge is 0.316 e. The van der Waals surface area contributed by atoms with Gasteiger partial charge in [0, 0.05) is 18.3 Å². The highest BCUT2D eigenvalue weighted by Crippen LogP contribution is 2.16. The van der Waals surface area contributed by atoms with Gasteiger partial charge in [-0.2, -0.15) is 0 Å². The number of nitrogens with zero attached hydrogens (tertiary/aromatic N) is 1. The summed E-state index contributed by atoms with van der Waals surface area (Å²) in [6.07, 6.45) is 1.82. The highest BCUT2D eigenvalue weighted by Gasteiger charge is 1.97. The molecular formula is C13H16Cl2N2. The Balaban J connectivity index is 0.00000128. The molecule has 0 radical (unpaired) electrons. The Morgan fingerprint density at radius 1 is 1.00 bits per heavy atom. The Morgan fingerprint density at radius 3 is 2.24 bits per heavy atom. The summed E-state index contributed by atoms with van der Waals surface area (Å²) < 4.78 is 0. The average Bonchev–Trinajstić information content (AvgIpc) is 2.32. The molecule has 1 N–H and O–H groups in total. The van der Waals surface area contributed by atoms with Gasteiger partial charge in [0.2, 0.25) is 0 Å². The zero-order valence-electron chi connectivity index (χ0n) is 9.59. The van der Waals surface area contributed by atoms with Gasteiger partial charge in [0.1, 0.15) is 0 Å². The minimum absolute atomic E-state index is 0. The molecule has 92 valence electrons. The van der Waals surface area contributed by atoms with Crippen molar-refractivity contribution in [2.45, 2.75) is 6.54 Å². The number of halogens is 2. The second-order valence-corrected chi connectivity index (χ2v) is 3.44. The molecule has 4 heteroatoms. The van der Waals surface area contributed by atoms with Gasteiger partial charge in [-0.15, -0.1) is 24.8 Å². The summed E-state index contributed by atoms with van der Waals surface area (Å²) in [5.74, 6) is 0. The molecule has 0 fully saturated rings. The van der Waals surface area contributed by atoms with Crippen LogP contribution >= 0.6 is 24.8 Å². The zero-order chi connectivity index (χ0) is 10.5. The molecule has 0 aliphatic rings. The van der Waals surface area contributed by atoms with Crippen molar-refractivity contribution >= 4 is 24.8 Å². The van der Waals surface area contributed by atoms with Crippen LogP contribution in [-0.4, -0.2) is 12.0 Å². The maximum atomic E-state index is 4.31. The lowest BCUT2D eigenvalue weighted by atomic mass is 10.1. The van der Waals surface area contributed by atoms with Crippen molar-refractivity contribution in [2.75, 3.05) is 7.05 Å². The van der Waals surface area contributed by atoms with Crippen LogP contribution in [-0.2, 0) is 6.54 Å². The van der Waals surface area contributed by atoms with Crippen molar-refractivity contribution in [1.29, 1.82) is 0 Å². The van der Waals surface area contributed by atoms with Crippen molar-refractivity contribution in [3.63, 3.8) is 0 Å². The van der Waals surface area contributed by atoms with E-state index in [2.05, 4.69) is 34.6 Å². The molecule has 0 aliphatic carbocycles. The van der Waals surface area contributed by atoms with Crippen LogP contribution in [0.1, 0.15) is 5.56 Å². The molecule has 0 amide bonds. The quantitative estimate of drug-likeness (QED) is 0.926. The van der Waals surface area contributed by atoms with Crippen LogP contribution in [0.2, 0.25) is 0 Å². The minimum Gasteiger partial charge on any atom is -0.316 e. The number of hydrogen-bond donors (Lipinski definition) is 1. The van der Waals surface area contributed by atoms with Crippen LogP contribution in [0.5, 0.6) is 0 Å². The van der Waals surface area contributed by atoms with Crippen LogP contribution in [0.15, 0.2) is 48.7 Å². The monoisotopic (exact) mass is 270 g/mol. The molecule has 0 saturated heterocycles. The molecule has 1 heterocycles. The van der Waals surface area contributed by atoms with E-state index in [4.69, 9.17) is 0 Å². The molecule has 0 spiro atoms. The first kappa shape index (κ1) is 15.9. The van der Waals surface area contributed by atoms with E-state index < -0.39 is 0 Å². The lowest BCUT2D eigenvalue weighted by Gasteiger charge is -2.02. The molecule has 2 aromatic rings. The molecule has 0 atom stereocenters. The third kappa shape index (κ3) is 4.35. The fourth-order valence-electron chi connectivity index (χ4n) is 1.53. The van der Waals surface area contributed by atoms with E-state index in [-0.39, 0.29) is 24.8 Å². The van der Waals surface area contributed by atoms with E-state index in [1.54, 1.807) is 0 Å². The van der Waals surface area contributed by atoms with Crippen LogP contribution < -0.4 is 5.32 Å². The normalized spacial score (nSPS) is 9.00. The standard InChI is InChI=1S/C13H14N2.2ClH/c1-14-10-11-5-7-12(8-6-11)13-4-2-3-9-15-13;;/h2-9,14H,10H2,1H3;2*1H. The number of nitrogens with one attached hydrogen (secondary N) is 1. The summed E-state index contributed by atoms with van der Waals surface area (Å²) in [6.45, 7) is 0.905. The molecule has 1 aromatic carbocycles. The number of aromatic nitrogens is 1. The third-order valence-electron chi connectivity index (χ3n) is 2.30. The van der Waals surface area contributed by atoms with E-state index in [9.17, 15) is 0 Å². The van der Waals surface area contributed by atoms with Crippen molar-refractivity contribution in [2.24, 2.45) is 0 Å². The summed E-state index contributed by atoms with van der Waals surface area (Å²) >= 11 is 0. The van der Waals surface area contributed by atoms with Gasteiger partial charge in [-0.3, -0.25) is 4.98 Å². The number of rotatable bonds is 3. The molecule has 0 aliphatic heterocycles. The van der Waals surface area contributed by atoms with Crippen LogP contribution in [0, 0.1) is 0 Å². The molecule has 1 aromatic heterocycles. The lowest BCUT2D eigenvalue weighted by Crippen LogP contribution is -2.04. The zero-order valence-corrected chi connectivity index (χ0v) is 11.2. The first-order valence-corrected chi connectivity index (χ1v) is 5.05. The molecule has 0 unspecified atom stereocenters. The summed E-state index contributed by atoms with van der Waals surface area (Å²) in [5, 5.41) is 3.13. The highest BCUT2D eigenvalue weighted by atomic mass is 35.5. The van der Waals surface area contributed by atoms with Gasteiger partial charge in [-0.25, -0.2) is 0 Å². The van der Waals surface area contributed by atoms with Gasteiger partial charge >= 0.3 is 0 Å². The molecule has 0 saturated carbocycles. The predicted molar refractivity (Wildman–Crippen MR) is 76.9 cm³/mol. The van der Waals surface area contributed by atoms with E-state index in [1.807, 2.05) is 31.4 Å². The first-order chi connectivity index (χ1) is 7.40. The lowest BCUT2D eigenvalue weighted by molar-refractivity contribution is 0.818. The fourth-order valence-corrected chi connectivity index (χ4v) is 1.53. The smallest absolute Gasteiger partial charge is 0.0701 e. The van der Waals surface area contributed by atoms with E-state index in [0.717, 1.165) is 17.8 Å². The second-order valence-electron chi connectivity index (χ2n) is 3.44. The highest BCUT2D eigenvalue weighted by molar-refractivity contribution is 5.85. The van der Waals surface area contributed by atoms with Crippen molar-refractivity contribution < 1.29 is 0 Å². The number of hydrogen-bond acceptors (Lipinski definition) is 2. The fraction of sp³-hybridized carbons (Fsp3) is 0.154. The molecule has 17 heavy (non-hydrogen) atoms. The SMILES string of the molecule is CNCc1ccc(-c2ccccn2)cc1.Cl.Cl. The van der Waals surface area contributed by atoms with Crippen molar-refractivity contribution in [1.82, 2.24) is 10.3 Å². The molecular weight excluding hydrogens is 255 g/mol. The first-order valence-electron chi connectivity index (χ1n) is 5.05. The van der Waals surface area contributed by atoms with Gasteiger partial charge in [0.25, 0.3) is 0 Å². The topological polar surface area (TPSA) is 24.9 Å². The van der Waals surface area contributed by atoms with Crippen LogP contribution in [0.25, 0.3) is 11.3 Å². The summed E-state index contributed by atoms with van der Waals surface area (Å²) in [6, 6.07) is 14.4. The van der Waals surface area contributed by atoms with Gasteiger partial charge < -0.3 is 5.32 Å². The van der Waals surface area contributed by atoms with Crippen LogP contribution in [0.3, 0.4) is 0 Å². The summed E-state index contributed by atoms with van der Waals surface area (Å²) in [5.41, 5.74) is 3.47. The molecule has 2 rings (SSSR count). The van der Waals surface area contributed by atoms with Crippen molar-refractivity contribution in [3.05, 3.63) is 54.2 Å². The molecule has 0 bridgehead atoms. The minimum atomic E-state index is 0. The number of pyridine rings is 1. The second kappa shape index (κ2) is 8.07. The Labute approximate surface area is 114 Å². The average molecular weight is 271 g/mol. The van der Waals surface area contributed by atoms with E-state index in [1.165, 1.54) is 5.56 Å². The van der Waals surface area contributed by atoms with Crippen molar-refractivity contribution in [3.8, 4) is 11.3 Å². The number of benzene rings is 1. The maximum Gasteiger partial charge on any atom is 0.0701 e. The Kier molecular flexibility index (Phi) is 7.55. The van der Waals surface area contributed by atoms with Gasteiger partial charge in [-0.1, -0.05) is 30.3 Å². The van der Waals surface area contributed by atoms with Gasteiger partial charge in [0.05, 0.1) is 5.69 Å². The maximum absolute atomic E-state index is 4.31. The molecule has 2 nitrogen and oxygen atoms in total. The third-order valence-corrected chi connectivity index (χ3v) is 2.30. The Morgan fingerprint density at radius 2 is 1.71 bits per heavy atom. The van der Waals surface area contributed by atoms with Gasteiger partial charge in [0.15, 0.2) is 0 Å². The summed E-state index contributed by atoms with van der Waals surface area (Å²) in [4.78, 5) is 4.31. The summed E-state index contributed by atoms with van der Waals surface area (Å²) in [7, 11) is 1.95.